The van der Waals surface area contributed by atoms with E-state index < -0.39 is 5.41 Å². The lowest BCUT2D eigenvalue weighted by atomic mass is 9.73. The summed E-state index contributed by atoms with van der Waals surface area (Å²) in [5.74, 6) is 0. The number of hydrogen-bond donors (Lipinski definition) is 0. The van der Waals surface area contributed by atoms with Gasteiger partial charge in [-0.25, -0.2) is 0 Å². The molecule has 1 fully saturated rings. The average molecular weight is 450 g/mol. The molecule has 2 aliphatic rings. The van der Waals surface area contributed by atoms with Crippen molar-refractivity contribution >= 4 is 0 Å². The molecule has 3 nitrogen and oxygen atoms in total. The number of rotatable bonds is 6. The lowest BCUT2D eigenvalue weighted by molar-refractivity contribution is 0.180. The molecule has 0 bridgehead atoms. The van der Waals surface area contributed by atoms with Gasteiger partial charge in [0.25, 0.3) is 0 Å². The van der Waals surface area contributed by atoms with E-state index in [1.54, 1.807) is 11.1 Å². The third-order valence-electron chi connectivity index (χ3n) is 7.93. The summed E-state index contributed by atoms with van der Waals surface area (Å²) in [7, 11) is 0. The maximum Gasteiger partial charge on any atom is 0.108 e. The first-order valence-electron chi connectivity index (χ1n) is 12.9. The standard InChI is InChI=1S/C31H35N3/c32-25-31(27-13-3-1-4-14-27,28-15-5-2-6-16-28)19-22-33-20-10-21-34(24-23-33)30-18-9-12-26-11-7-8-17-29(26)30/h1-8,11,13-17,30H,9-10,12,18-24H2. The number of aryl methyl sites for hydroxylation is 1. The number of nitriles is 1. The molecular weight excluding hydrogens is 414 g/mol. The zero-order chi connectivity index (χ0) is 23.2. The zero-order valence-corrected chi connectivity index (χ0v) is 20.1. The fraction of sp³-hybridized carbons (Fsp3) is 0.387. The molecule has 5 rings (SSSR count). The first-order chi connectivity index (χ1) is 16.8. The van der Waals surface area contributed by atoms with Crippen LogP contribution in [0, 0.1) is 11.3 Å². The highest BCUT2D eigenvalue weighted by Gasteiger charge is 2.35. The van der Waals surface area contributed by atoms with Crippen molar-refractivity contribution in [3.05, 3.63) is 107 Å². The molecule has 1 aliphatic carbocycles. The van der Waals surface area contributed by atoms with Gasteiger partial charge >= 0.3 is 0 Å². The molecule has 3 aromatic rings. The van der Waals surface area contributed by atoms with E-state index in [1.165, 1.54) is 25.7 Å². The molecule has 3 heteroatoms. The van der Waals surface area contributed by atoms with E-state index in [0.29, 0.717) is 6.04 Å². The fourth-order valence-corrected chi connectivity index (χ4v) is 6.05. The van der Waals surface area contributed by atoms with Crippen molar-refractivity contribution in [2.24, 2.45) is 0 Å². The third kappa shape index (κ3) is 4.67. The predicted octanol–water partition coefficient (Wildman–Crippen LogP) is 5.97. The van der Waals surface area contributed by atoms with Crippen LogP contribution in [-0.4, -0.2) is 42.5 Å². The van der Waals surface area contributed by atoms with Crippen LogP contribution < -0.4 is 0 Å². The van der Waals surface area contributed by atoms with E-state index in [4.69, 9.17) is 0 Å². The van der Waals surface area contributed by atoms with Crippen molar-refractivity contribution in [3.8, 4) is 6.07 Å². The van der Waals surface area contributed by atoms with Gasteiger partial charge in [-0.3, -0.25) is 4.90 Å². The van der Waals surface area contributed by atoms with Gasteiger partial charge < -0.3 is 4.90 Å². The molecule has 1 unspecified atom stereocenters. The Balaban J connectivity index is 1.30. The molecule has 0 spiro atoms. The Morgan fingerprint density at radius 3 is 2.15 bits per heavy atom. The second kappa shape index (κ2) is 10.6. The van der Waals surface area contributed by atoms with E-state index in [2.05, 4.69) is 88.7 Å². The van der Waals surface area contributed by atoms with Crippen LogP contribution in [0.15, 0.2) is 84.9 Å². The fourth-order valence-electron chi connectivity index (χ4n) is 6.05. The first kappa shape index (κ1) is 22.8. The van der Waals surface area contributed by atoms with E-state index >= 15 is 0 Å². The van der Waals surface area contributed by atoms with E-state index in [9.17, 15) is 5.26 Å². The minimum absolute atomic E-state index is 0.566. The molecule has 0 saturated carbocycles. The predicted molar refractivity (Wildman–Crippen MR) is 139 cm³/mol. The van der Waals surface area contributed by atoms with Crippen LogP contribution in [0.1, 0.15) is 54.0 Å². The zero-order valence-electron chi connectivity index (χ0n) is 20.1. The number of benzene rings is 3. The molecule has 34 heavy (non-hydrogen) atoms. The van der Waals surface area contributed by atoms with Gasteiger partial charge in [0.15, 0.2) is 0 Å². The van der Waals surface area contributed by atoms with Crippen LogP contribution in [0.4, 0.5) is 0 Å². The first-order valence-corrected chi connectivity index (χ1v) is 12.9. The van der Waals surface area contributed by atoms with Crippen LogP contribution >= 0.6 is 0 Å². The number of hydrogen-bond acceptors (Lipinski definition) is 3. The molecule has 0 radical (unpaired) electrons. The normalized spacial score (nSPS) is 19.7. The van der Waals surface area contributed by atoms with Crippen LogP contribution in [0.5, 0.6) is 0 Å². The molecule has 174 valence electrons. The van der Waals surface area contributed by atoms with Gasteiger partial charge in [0.2, 0.25) is 0 Å². The largest absolute Gasteiger partial charge is 0.302 e. The van der Waals surface area contributed by atoms with E-state index in [1.807, 2.05) is 12.1 Å². The summed E-state index contributed by atoms with van der Waals surface area (Å²) in [4.78, 5) is 5.32. The Morgan fingerprint density at radius 2 is 1.44 bits per heavy atom. The molecule has 0 N–H and O–H groups in total. The maximum atomic E-state index is 10.5. The average Bonchev–Trinajstić information content (AvgIpc) is 3.16. The van der Waals surface area contributed by atoms with Crippen molar-refractivity contribution in [3.63, 3.8) is 0 Å². The van der Waals surface area contributed by atoms with Gasteiger partial charge in [0.1, 0.15) is 5.41 Å². The van der Waals surface area contributed by atoms with Crippen molar-refractivity contribution in [1.29, 1.82) is 5.26 Å². The molecule has 1 heterocycles. The SMILES string of the molecule is N#CC(CCN1CCCN(C2CCCc3ccccc32)CC1)(c1ccccc1)c1ccccc1. The lowest BCUT2D eigenvalue weighted by Crippen LogP contribution is -2.37. The summed E-state index contributed by atoms with van der Waals surface area (Å²) in [6.07, 6.45) is 5.79. The summed E-state index contributed by atoms with van der Waals surface area (Å²) >= 11 is 0. The Labute approximate surface area is 204 Å². The maximum absolute atomic E-state index is 10.5. The Morgan fingerprint density at radius 1 is 0.765 bits per heavy atom. The molecule has 0 amide bonds. The Bertz CT molecular complexity index is 1060. The van der Waals surface area contributed by atoms with Crippen molar-refractivity contribution < 1.29 is 0 Å². The third-order valence-corrected chi connectivity index (χ3v) is 7.93. The number of fused-ring (bicyclic) bond motifs is 1. The minimum Gasteiger partial charge on any atom is -0.302 e. The highest BCUT2D eigenvalue weighted by atomic mass is 15.2. The van der Waals surface area contributed by atoms with Crippen molar-refractivity contribution in [2.45, 2.75) is 43.6 Å². The minimum atomic E-state index is -0.614. The van der Waals surface area contributed by atoms with Crippen molar-refractivity contribution in [2.75, 3.05) is 32.7 Å². The van der Waals surface area contributed by atoms with Gasteiger partial charge in [0, 0.05) is 32.2 Å². The summed E-state index contributed by atoms with van der Waals surface area (Å²) in [6, 6.07) is 33.1. The van der Waals surface area contributed by atoms with Gasteiger partial charge in [-0.05, 0) is 60.9 Å². The summed E-state index contributed by atoms with van der Waals surface area (Å²) in [6.45, 7) is 5.39. The highest BCUT2D eigenvalue weighted by molar-refractivity contribution is 5.45. The van der Waals surface area contributed by atoms with Crippen LogP contribution in [0.2, 0.25) is 0 Å². The van der Waals surface area contributed by atoms with Crippen LogP contribution in [-0.2, 0) is 11.8 Å². The number of nitrogens with zero attached hydrogens (tertiary/aromatic N) is 3. The van der Waals surface area contributed by atoms with Gasteiger partial charge in [-0.2, -0.15) is 5.26 Å². The molecule has 1 saturated heterocycles. The Hall–Kier alpha value is -2.93. The summed E-state index contributed by atoms with van der Waals surface area (Å²) in [5, 5.41) is 10.5. The van der Waals surface area contributed by atoms with Gasteiger partial charge in [-0.1, -0.05) is 84.9 Å². The molecule has 3 aromatic carbocycles. The second-order valence-electron chi connectivity index (χ2n) is 9.84. The topological polar surface area (TPSA) is 30.3 Å². The monoisotopic (exact) mass is 449 g/mol. The molecular formula is C31H35N3. The molecule has 1 atom stereocenters. The summed E-state index contributed by atoms with van der Waals surface area (Å²) < 4.78 is 0. The van der Waals surface area contributed by atoms with Crippen LogP contribution in [0.3, 0.4) is 0 Å². The molecule has 0 aromatic heterocycles. The van der Waals surface area contributed by atoms with E-state index in [-0.39, 0.29) is 0 Å². The quantitative estimate of drug-likeness (QED) is 0.464. The highest BCUT2D eigenvalue weighted by Crippen LogP contribution is 2.37. The van der Waals surface area contributed by atoms with Gasteiger partial charge in [0.05, 0.1) is 6.07 Å². The lowest BCUT2D eigenvalue weighted by Gasteiger charge is -2.35. The van der Waals surface area contributed by atoms with E-state index in [0.717, 1.165) is 50.3 Å². The summed E-state index contributed by atoms with van der Waals surface area (Å²) in [5.41, 5.74) is 4.68. The van der Waals surface area contributed by atoms with Crippen LogP contribution in [0.25, 0.3) is 0 Å². The smallest absolute Gasteiger partial charge is 0.108 e. The van der Waals surface area contributed by atoms with Crippen molar-refractivity contribution in [1.82, 2.24) is 9.80 Å². The van der Waals surface area contributed by atoms with Gasteiger partial charge in [-0.15, -0.1) is 0 Å². The molecule has 1 aliphatic heterocycles. The second-order valence-corrected chi connectivity index (χ2v) is 9.84. The Kier molecular flexibility index (Phi) is 7.09.